The molecule has 2 aromatic carbocycles. The van der Waals surface area contributed by atoms with Gasteiger partial charge in [0, 0.05) is 49.7 Å². The lowest BCUT2D eigenvalue weighted by Gasteiger charge is -2.35. The third-order valence-electron chi connectivity index (χ3n) is 7.70. The zero-order valence-electron chi connectivity index (χ0n) is 23.2. The normalized spacial score (nSPS) is 17.2. The van der Waals surface area contributed by atoms with Gasteiger partial charge in [0.25, 0.3) is 5.69 Å². The van der Waals surface area contributed by atoms with E-state index in [-0.39, 0.29) is 43.2 Å². The van der Waals surface area contributed by atoms with Crippen LogP contribution < -0.4 is 10.2 Å². The van der Waals surface area contributed by atoms with E-state index in [1.165, 1.54) is 17.3 Å². The largest absolute Gasteiger partial charge is 0.423 e. The Balaban J connectivity index is 0.00000462. The number of nitrogens with zero attached hydrogens (tertiary/aromatic N) is 3. The van der Waals surface area contributed by atoms with Gasteiger partial charge in [-0.3, -0.25) is 14.9 Å². The Bertz CT molecular complexity index is 1180. The molecule has 8 nitrogen and oxygen atoms in total. The molecule has 4 rings (SSSR count). The maximum atomic E-state index is 13.3. The number of benzene rings is 2. The number of carbonyl (C=O) groups is 1. The van der Waals surface area contributed by atoms with Crippen LogP contribution in [0.1, 0.15) is 65.0 Å². The molecule has 1 N–H and O–H groups in total. The van der Waals surface area contributed by atoms with Crippen molar-refractivity contribution in [1.29, 1.82) is 0 Å². The molecule has 0 radical (unpaired) electrons. The molecule has 2 aromatic rings. The zero-order chi connectivity index (χ0) is 29.1. The van der Waals surface area contributed by atoms with Crippen LogP contribution in [0.3, 0.4) is 0 Å². The van der Waals surface area contributed by atoms with E-state index in [4.69, 9.17) is 4.74 Å². The van der Waals surface area contributed by atoms with E-state index in [2.05, 4.69) is 55.3 Å². The summed E-state index contributed by atoms with van der Waals surface area (Å²) < 4.78 is 45.8. The Kier molecular flexibility index (Phi) is 10.3. The predicted molar refractivity (Wildman–Crippen MR) is 154 cm³/mol. The molecular weight excluding hydrogens is 537 g/mol. The molecule has 0 atom stereocenters. The highest BCUT2D eigenvalue weighted by Gasteiger charge is 2.38. The Labute approximate surface area is 240 Å². The summed E-state index contributed by atoms with van der Waals surface area (Å²) in [7, 11) is 0. The third-order valence-corrected chi connectivity index (χ3v) is 7.70. The fourth-order valence-corrected chi connectivity index (χ4v) is 5.25. The number of nitro groups is 1. The lowest BCUT2D eigenvalue weighted by atomic mass is 9.87. The van der Waals surface area contributed by atoms with Crippen LogP contribution in [0.5, 0.6) is 0 Å². The average Bonchev–Trinajstić information content (AvgIpc) is 2.91. The second-order valence-electron chi connectivity index (χ2n) is 11.6. The van der Waals surface area contributed by atoms with Gasteiger partial charge in [-0.25, -0.2) is 0 Å². The molecule has 0 aliphatic carbocycles. The molecule has 2 heterocycles. The molecule has 11 heteroatoms. The van der Waals surface area contributed by atoms with Gasteiger partial charge in [0.1, 0.15) is 12.2 Å². The molecule has 41 heavy (non-hydrogen) atoms. The fourth-order valence-electron chi connectivity index (χ4n) is 5.25. The van der Waals surface area contributed by atoms with E-state index in [1.807, 2.05) is 0 Å². The zero-order valence-corrected chi connectivity index (χ0v) is 23.2. The van der Waals surface area contributed by atoms with Gasteiger partial charge >= 0.3 is 6.18 Å². The number of hydrogen-bond donors (Lipinski definition) is 1. The van der Waals surface area contributed by atoms with Gasteiger partial charge in [0.2, 0.25) is 5.91 Å². The molecule has 0 unspecified atom stereocenters. The number of alkyl halides is 3. The number of carbonyl (C=O) groups excluding carboxylic acids is 1. The number of nitro benzene ring substituents is 1. The van der Waals surface area contributed by atoms with Gasteiger partial charge in [-0.15, -0.1) is 0 Å². The van der Waals surface area contributed by atoms with Crippen molar-refractivity contribution < 1.29 is 27.6 Å². The molecule has 226 valence electrons. The Morgan fingerprint density at radius 1 is 1.00 bits per heavy atom. The monoisotopic (exact) mass is 578 g/mol. The number of amides is 1. The number of piperidine rings is 2. The van der Waals surface area contributed by atoms with Gasteiger partial charge < -0.3 is 19.9 Å². The smallest absolute Gasteiger partial charge is 0.382 e. The van der Waals surface area contributed by atoms with Crippen LogP contribution in [0.2, 0.25) is 0 Å². The number of anilines is 2. The van der Waals surface area contributed by atoms with Gasteiger partial charge in [-0.05, 0) is 60.9 Å². The van der Waals surface area contributed by atoms with Crippen molar-refractivity contribution in [3.8, 4) is 0 Å². The summed E-state index contributed by atoms with van der Waals surface area (Å²) in [5, 5.41) is 14.0. The molecule has 0 aromatic heterocycles. The molecule has 2 saturated heterocycles. The molecule has 0 spiro atoms. The first-order chi connectivity index (χ1) is 18.8. The topological polar surface area (TPSA) is 88.0 Å². The van der Waals surface area contributed by atoms with Crippen LogP contribution in [0, 0.1) is 10.1 Å². The number of likely N-dealkylation sites (tertiary alicyclic amines) is 1. The highest BCUT2D eigenvalue weighted by atomic mass is 19.4. The number of hydrogen-bond acceptors (Lipinski definition) is 6. The Hall–Kier alpha value is -3.34. The molecular formula is C30H41F3N4O4. The second kappa shape index (κ2) is 13.1. The van der Waals surface area contributed by atoms with Crippen molar-refractivity contribution >= 4 is 23.0 Å². The summed E-state index contributed by atoms with van der Waals surface area (Å²) in [6.07, 6.45) is -2.01. The molecule has 2 aliphatic heterocycles. The van der Waals surface area contributed by atoms with Gasteiger partial charge in [0.05, 0.1) is 11.0 Å². The van der Waals surface area contributed by atoms with Crippen molar-refractivity contribution in [2.45, 2.75) is 77.6 Å². The minimum Gasteiger partial charge on any atom is -0.382 e. The lowest BCUT2D eigenvalue weighted by molar-refractivity contribution is -0.388. The summed E-state index contributed by atoms with van der Waals surface area (Å²) in [4.78, 5) is 26.7. The van der Waals surface area contributed by atoms with E-state index in [0.29, 0.717) is 25.9 Å². The van der Waals surface area contributed by atoms with Gasteiger partial charge in [-0.1, -0.05) is 40.3 Å². The molecule has 2 aliphatic rings. The van der Waals surface area contributed by atoms with Crippen LogP contribution in [-0.4, -0.2) is 60.7 Å². The molecule has 2 fully saturated rings. The maximum absolute atomic E-state index is 13.3. The predicted octanol–water partition coefficient (Wildman–Crippen LogP) is 6.64. The van der Waals surface area contributed by atoms with Crippen LogP contribution in [0.25, 0.3) is 0 Å². The van der Waals surface area contributed by atoms with Crippen molar-refractivity contribution in [2.24, 2.45) is 0 Å². The summed E-state index contributed by atoms with van der Waals surface area (Å²) in [5.41, 5.74) is 0.529. The van der Waals surface area contributed by atoms with Gasteiger partial charge in [0.15, 0.2) is 0 Å². The Morgan fingerprint density at radius 2 is 1.61 bits per heavy atom. The van der Waals surface area contributed by atoms with Crippen molar-refractivity contribution in [3.05, 3.63) is 63.7 Å². The van der Waals surface area contributed by atoms with Crippen molar-refractivity contribution in [3.63, 3.8) is 0 Å². The van der Waals surface area contributed by atoms with E-state index in [9.17, 15) is 28.1 Å². The van der Waals surface area contributed by atoms with Crippen LogP contribution in [-0.2, 0) is 21.1 Å². The summed E-state index contributed by atoms with van der Waals surface area (Å²) in [6, 6.07) is 11.5. The molecule has 0 saturated carbocycles. The number of nitrogens with one attached hydrogen (secondary N) is 1. The highest BCUT2D eigenvalue weighted by Crippen LogP contribution is 2.38. The first-order valence-corrected chi connectivity index (χ1v) is 13.7. The number of halogens is 3. The van der Waals surface area contributed by atoms with E-state index in [1.54, 1.807) is 4.90 Å². The van der Waals surface area contributed by atoms with Gasteiger partial charge in [-0.2, -0.15) is 13.2 Å². The lowest BCUT2D eigenvalue weighted by Crippen LogP contribution is -2.45. The number of ether oxygens (including phenoxy) is 1. The summed E-state index contributed by atoms with van der Waals surface area (Å²) in [6.45, 7) is 9.26. The van der Waals surface area contributed by atoms with E-state index >= 15 is 0 Å². The Morgan fingerprint density at radius 3 is 2.15 bits per heavy atom. The quantitative estimate of drug-likeness (QED) is 0.293. The minimum absolute atomic E-state index is 0. The number of rotatable bonds is 7. The first-order valence-electron chi connectivity index (χ1n) is 13.7. The first kappa shape index (κ1) is 32.2. The van der Waals surface area contributed by atoms with Crippen molar-refractivity contribution in [2.75, 3.05) is 43.0 Å². The van der Waals surface area contributed by atoms with Crippen molar-refractivity contribution in [1.82, 2.24) is 4.90 Å². The highest BCUT2D eigenvalue weighted by molar-refractivity contribution is 5.77. The summed E-state index contributed by atoms with van der Waals surface area (Å²) in [5.74, 6) is -0.0895. The minimum atomic E-state index is -4.83. The van der Waals surface area contributed by atoms with Crippen LogP contribution in [0.4, 0.5) is 30.2 Å². The summed E-state index contributed by atoms with van der Waals surface area (Å²) >= 11 is 0. The molecule has 0 bridgehead atoms. The third kappa shape index (κ3) is 8.34. The maximum Gasteiger partial charge on any atom is 0.423 e. The second-order valence-corrected chi connectivity index (χ2v) is 11.6. The SMILES string of the molecule is C.CC(C)(C)c1ccc(N2CCC(OCC(=O)N3CCC(Nc4ccc([N+](=O)[O-])c(C(F)(F)F)c4)CC3)CC2)cc1. The van der Waals surface area contributed by atoms with E-state index < -0.39 is 22.4 Å². The van der Waals surface area contributed by atoms with E-state index in [0.717, 1.165) is 38.1 Å². The van der Waals surface area contributed by atoms with Crippen LogP contribution in [0.15, 0.2) is 42.5 Å². The standard InChI is InChI=1S/C29H37F3N4O4.CH4/c1-28(2,3)20-4-7-23(8-5-20)34-16-12-24(13-17-34)40-19-27(37)35-14-10-21(11-15-35)33-22-6-9-26(36(38)39)25(18-22)29(30,31)32;/h4-9,18,21,24,33H,10-17,19H2,1-3H3;1H4. The fraction of sp³-hybridized carbons (Fsp3) is 0.567. The average molecular weight is 579 g/mol. The van der Waals surface area contributed by atoms with Crippen LogP contribution >= 0.6 is 0 Å². The molecule has 1 amide bonds.